The highest BCUT2D eigenvalue weighted by Crippen LogP contribution is 2.25. The van der Waals surface area contributed by atoms with Crippen molar-refractivity contribution in [1.29, 1.82) is 0 Å². The molecule has 2 rings (SSSR count). The van der Waals surface area contributed by atoms with Crippen molar-refractivity contribution in [3.63, 3.8) is 0 Å². The van der Waals surface area contributed by atoms with Crippen LogP contribution in [0.4, 0.5) is 0 Å². The summed E-state index contributed by atoms with van der Waals surface area (Å²) in [5, 5.41) is 4.01. The molecule has 0 aliphatic heterocycles. The van der Waals surface area contributed by atoms with E-state index in [0.717, 1.165) is 0 Å². The highest BCUT2D eigenvalue weighted by atomic mass is 35.5. The zero-order valence-corrected chi connectivity index (χ0v) is 20.1. The zero-order valence-electron chi connectivity index (χ0n) is 17.8. The standard InChI is InChI=1S/C22H25Cl2NO5S/c1-16(25-30-22(2,3)4)15-29-18-7-11-20(12-8-18)31(26,27)19-9-5-17(6-10-19)28-14-13-21(23)24/h5-13H,14-15H2,1-4H3. The van der Waals surface area contributed by atoms with E-state index in [9.17, 15) is 8.42 Å². The molecule has 0 unspecified atom stereocenters. The third kappa shape index (κ3) is 8.44. The van der Waals surface area contributed by atoms with Gasteiger partial charge in [0.15, 0.2) is 0 Å². The molecule has 0 aliphatic rings. The first-order chi connectivity index (χ1) is 14.5. The molecule has 0 aromatic heterocycles. The van der Waals surface area contributed by atoms with Gasteiger partial charge < -0.3 is 14.3 Å². The molecule has 0 N–H and O–H groups in total. The maximum atomic E-state index is 12.8. The van der Waals surface area contributed by atoms with Gasteiger partial charge in [-0.05, 0) is 82.3 Å². The maximum absolute atomic E-state index is 12.8. The van der Waals surface area contributed by atoms with Gasteiger partial charge in [0.2, 0.25) is 9.84 Å². The number of benzene rings is 2. The SMILES string of the molecule is CC(COc1ccc(S(=O)(=O)c2ccc(OCC=C(Cl)Cl)cc2)cc1)=NOC(C)(C)C. The lowest BCUT2D eigenvalue weighted by atomic mass is 10.2. The minimum absolute atomic E-state index is 0.104. The fraction of sp³-hybridized carbons (Fsp3) is 0.318. The van der Waals surface area contributed by atoms with E-state index in [1.165, 1.54) is 30.3 Å². The molecule has 0 atom stereocenters. The Morgan fingerprint density at radius 1 is 0.935 bits per heavy atom. The highest BCUT2D eigenvalue weighted by Gasteiger charge is 2.18. The normalized spacial score (nSPS) is 12.3. The van der Waals surface area contributed by atoms with Crippen molar-refractivity contribution in [1.82, 2.24) is 0 Å². The quantitative estimate of drug-likeness (QED) is 0.332. The second-order valence-corrected chi connectivity index (χ2v) is 10.5. The molecule has 0 amide bonds. The summed E-state index contributed by atoms with van der Waals surface area (Å²) < 4.78 is 36.8. The van der Waals surface area contributed by atoms with Gasteiger partial charge in [0.1, 0.15) is 34.8 Å². The van der Waals surface area contributed by atoms with Crippen molar-refractivity contribution < 1.29 is 22.7 Å². The largest absolute Gasteiger partial charge is 0.489 e. The van der Waals surface area contributed by atoms with Crippen LogP contribution in [0.3, 0.4) is 0 Å². The Bertz CT molecular complexity index is 1020. The van der Waals surface area contributed by atoms with Crippen LogP contribution in [0, 0.1) is 0 Å². The number of hydrogen-bond acceptors (Lipinski definition) is 6. The number of hydrogen-bond donors (Lipinski definition) is 0. The topological polar surface area (TPSA) is 74.2 Å². The van der Waals surface area contributed by atoms with Gasteiger partial charge in [-0.25, -0.2) is 8.42 Å². The molecule has 0 radical (unpaired) electrons. The van der Waals surface area contributed by atoms with E-state index < -0.39 is 9.84 Å². The minimum Gasteiger partial charge on any atom is -0.489 e. The first-order valence-electron chi connectivity index (χ1n) is 9.41. The molecule has 0 aliphatic carbocycles. The van der Waals surface area contributed by atoms with E-state index in [1.807, 2.05) is 20.8 Å². The Kier molecular flexibility index (Phi) is 8.79. The average molecular weight is 486 g/mol. The van der Waals surface area contributed by atoms with Crippen LogP contribution < -0.4 is 9.47 Å². The lowest BCUT2D eigenvalue weighted by Crippen LogP contribution is -2.18. The summed E-state index contributed by atoms with van der Waals surface area (Å²) in [7, 11) is -3.67. The molecular formula is C22H25Cl2NO5S. The molecule has 0 bridgehead atoms. The van der Waals surface area contributed by atoms with Crippen LogP contribution in [0.15, 0.2) is 74.0 Å². The van der Waals surface area contributed by atoms with Gasteiger partial charge in [-0.2, -0.15) is 0 Å². The van der Waals surface area contributed by atoms with Crippen LogP contribution in [0.25, 0.3) is 0 Å². The lowest BCUT2D eigenvalue weighted by Gasteiger charge is -2.16. The summed E-state index contributed by atoms with van der Waals surface area (Å²) in [6.07, 6.45) is 1.49. The molecule has 0 fully saturated rings. The Morgan fingerprint density at radius 2 is 1.42 bits per heavy atom. The molecule has 6 nitrogen and oxygen atoms in total. The highest BCUT2D eigenvalue weighted by molar-refractivity contribution is 7.91. The smallest absolute Gasteiger partial charge is 0.206 e. The molecule has 0 spiro atoms. The van der Waals surface area contributed by atoms with E-state index in [2.05, 4.69) is 5.16 Å². The van der Waals surface area contributed by atoms with Crippen molar-refractivity contribution in [2.24, 2.45) is 5.16 Å². The average Bonchev–Trinajstić information content (AvgIpc) is 2.70. The molecule has 168 valence electrons. The van der Waals surface area contributed by atoms with E-state index in [0.29, 0.717) is 17.2 Å². The van der Waals surface area contributed by atoms with E-state index in [-0.39, 0.29) is 33.1 Å². The number of rotatable bonds is 9. The lowest BCUT2D eigenvalue weighted by molar-refractivity contribution is 0.0000980. The fourth-order valence-electron chi connectivity index (χ4n) is 2.20. The summed E-state index contributed by atoms with van der Waals surface area (Å²) in [6, 6.07) is 12.3. The van der Waals surface area contributed by atoms with Crippen molar-refractivity contribution in [2.75, 3.05) is 13.2 Å². The van der Waals surface area contributed by atoms with Gasteiger partial charge in [0.05, 0.1) is 15.5 Å². The maximum Gasteiger partial charge on any atom is 0.206 e. The van der Waals surface area contributed by atoms with Gasteiger partial charge in [0, 0.05) is 0 Å². The van der Waals surface area contributed by atoms with Crippen molar-refractivity contribution >= 4 is 38.8 Å². The van der Waals surface area contributed by atoms with Gasteiger partial charge in [0.25, 0.3) is 0 Å². The minimum atomic E-state index is -3.67. The Balaban J connectivity index is 2.02. The van der Waals surface area contributed by atoms with E-state index in [1.54, 1.807) is 31.2 Å². The predicted octanol–water partition coefficient (Wildman–Crippen LogP) is 5.79. The zero-order chi connectivity index (χ0) is 23.1. The molecule has 9 heteroatoms. The van der Waals surface area contributed by atoms with Crippen molar-refractivity contribution in [3.8, 4) is 11.5 Å². The van der Waals surface area contributed by atoms with Crippen molar-refractivity contribution in [2.45, 2.75) is 43.1 Å². The van der Waals surface area contributed by atoms with Gasteiger partial charge in [-0.3, -0.25) is 0 Å². The summed E-state index contributed by atoms with van der Waals surface area (Å²) in [5.74, 6) is 1.03. The predicted molar refractivity (Wildman–Crippen MR) is 123 cm³/mol. The number of ether oxygens (including phenoxy) is 2. The van der Waals surface area contributed by atoms with Crippen LogP contribution in [0.2, 0.25) is 0 Å². The van der Waals surface area contributed by atoms with E-state index >= 15 is 0 Å². The number of sulfone groups is 1. The summed E-state index contributed by atoms with van der Waals surface area (Å²) in [5.41, 5.74) is 0.286. The third-order valence-electron chi connectivity index (χ3n) is 3.68. The fourth-order valence-corrected chi connectivity index (χ4v) is 3.58. The van der Waals surface area contributed by atoms with Gasteiger partial charge in [-0.1, -0.05) is 28.4 Å². The first kappa shape index (κ1) is 25.0. The summed E-state index contributed by atoms with van der Waals surface area (Å²) in [6.45, 7) is 7.91. The Hall–Kier alpha value is -2.22. The van der Waals surface area contributed by atoms with Gasteiger partial charge in [-0.15, -0.1) is 0 Å². The number of halogens is 2. The second kappa shape index (κ2) is 10.9. The molecule has 0 saturated carbocycles. The van der Waals surface area contributed by atoms with Crippen molar-refractivity contribution in [3.05, 3.63) is 59.1 Å². The van der Waals surface area contributed by atoms with E-state index in [4.69, 9.17) is 37.5 Å². The number of oxime groups is 1. The molecule has 2 aromatic rings. The van der Waals surface area contributed by atoms with Crippen LogP contribution in [-0.4, -0.2) is 32.9 Å². The van der Waals surface area contributed by atoms with Crippen LogP contribution in [0.5, 0.6) is 11.5 Å². The molecule has 31 heavy (non-hydrogen) atoms. The first-order valence-corrected chi connectivity index (χ1v) is 11.6. The molecular weight excluding hydrogens is 461 g/mol. The van der Waals surface area contributed by atoms with Crippen LogP contribution >= 0.6 is 23.2 Å². The molecule has 0 saturated heterocycles. The monoisotopic (exact) mass is 485 g/mol. The van der Waals surface area contributed by atoms with Crippen LogP contribution in [-0.2, 0) is 14.7 Å². The second-order valence-electron chi connectivity index (χ2n) is 7.57. The van der Waals surface area contributed by atoms with Gasteiger partial charge >= 0.3 is 0 Å². The Labute approximate surface area is 193 Å². The Morgan fingerprint density at radius 3 is 1.87 bits per heavy atom. The summed E-state index contributed by atoms with van der Waals surface area (Å²) in [4.78, 5) is 5.65. The number of nitrogens with zero attached hydrogens (tertiary/aromatic N) is 1. The summed E-state index contributed by atoms with van der Waals surface area (Å²) >= 11 is 11.0. The molecule has 0 heterocycles. The van der Waals surface area contributed by atoms with Crippen LogP contribution in [0.1, 0.15) is 27.7 Å². The third-order valence-corrected chi connectivity index (χ3v) is 5.77. The molecule has 2 aromatic carbocycles.